The van der Waals surface area contributed by atoms with E-state index in [4.69, 9.17) is 19.2 Å². The molecule has 0 saturated carbocycles. The van der Waals surface area contributed by atoms with Crippen LogP contribution in [0.15, 0.2) is 125 Å². The van der Waals surface area contributed by atoms with Crippen molar-refractivity contribution in [2.75, 3.05) is 13.2 Å². The first-order chi connectivity index (χ1) is 24.9. The summed E-state index contributed by atoms with van der Waals surface area (Å²) in [4.78, 5) is 33.9. The van der Waals surface area contributed by atoms with E-state index in [0.717, 1.165) is 40.2 Å². The zero-order valence-corrected chi connectivity index (χ0v) is 32.9. The number of thiazole rings is 1. The van der Waals surface area contributed by atoms with E-state index >= 15 is 0 Å². The molecule has 1 aromatic heterocycles. The smallest absolute Gasteiger partial charge is 0.338 e. The molecular formula is C41H32I2N2O5S. The quantitative estimate of drug-likeness (QED) is 0.102. The van der Waals surface area contributed by atoms with Crippen LogP contribution in [0.5, 0.6) is 11.5 Å². The Morgan fingerprint density at radius 1 is 0.882 bits per heavy atom. The zero-order valence-electron chi connectivity index (χ0n) is 27.8. The maximum absolute atomic E-state index is 14.6. The summed E-state index contributed by atoms with van der Waals surface area (Å²) in [7, 11) is 0. The summed E-state index contributed by atoms with van der Waals surface area (Å²) < 4.78 is 21.9. The van der Waals surface area contributed by atoms with Gasteiger partial charge in [0.15, 0.2) is 4.80 Å². The highest BCUT2D eigenvalue weighted by molar-refractivity contribution is 14.1. The lowest BCUT2D eigenvalue weighted by Crippen LogP contribution is -2.40. The van der Waals surface area contributed by atoms with Crippen molar-refractivity contribution in [3.8, 4) is 11.5 Å². The Kier molecular flexibility index (Phi) is 10.7. The fourth-order valence-corrected chi connectivity index (χ4v) is 9.26. The van der Waals surface area contributed by atoms with Gasteiger partial charge in [-0.1, -0.05) is 96.3 Å². The van der Waals surface area contributed by atoms with Gasteiger partial charge in [-0.05, 0) is 111 Å². The number of nitrogens with zero attached hydrogens (tertiary/aromatic N) is 2. The summed E-state index contributed by atoms with van der Waals surface area (Å²) in [6.45, 7) is 4.75. The first-order valence-electron chi connectivity index (χ1n) is 16.5. The minimum Gasteiger partial charge on any atom is -0.494 e. The number of ether oxygens (including phenoxy) is 3. The number of hydrogen-bond acceptors (Lipinski definition) is 7. The van der Waals surface area contributed by atoms with Gasteiger partial charge >= 0.3 is 5.97 Å². The third-order valence-electron chi connectivity index (χ3n) is 8.46. The zero-order chi connectivity index (χ0) is 35.5. The van der Waals surface area contributed by atoms with Crippen molar-refractivity contribution in [1.29, 1.82) is 0 Å². The van der Waals surface area contributed by atoms with E-state index in [0.29, 0.717) is 45.3 Å². The molecule has 1 atom stereocenters. The number of carbonyl (C=O) groups excluding carboxylic acids is 1. The molecule has 7 rings (SSSR count). The molecule has 0 N–H and O–H groups in total. The summed E-state index contributed by atoms with van der Waals surface area (Å²) in [5, 5.41) is 2.28. The topological polar surface area (TPSA) is 79.1 Å². The summed E-state index contributed by atoms with van der Waals surface area (Å²) in [6, 6.07) is 34.8. The molecule has 0 saturated heterocycles. The molecule has 256 valence electrons. The van der Waals surface area contributed by atoms with E-state index in [9.17, 15) is 9.59 Å². The molecule has 0 radical (unpaired) electrons. The number of esters is 1. The van der Waals surface area contributed by atoms with Crippen molar-refractivity contribution in [2.45, 2.75) is 26.5 Å². The average Bonchev–Trinajstić information content (AvgIpc) is 3.45. The van der Waals surface area contributed by atoms with Crippen molar-refractivity contribution in [3.05, 3.63) is 164 Å². The minimum atomic E-state index is -0.786. The van der Waals surface area contributed by atoms with E-state index in [-0.39, 0.29) is 12.2 Å². The molecule has 0 spiro atoms. The predicted molar refractivity (Wildman–Crippen MR) is 219 cm³/mol. The molecule has 0 amide bonds. The number of halogens is 2. The normalized spacial score (nSPS) is 14.3. The fourth-order valence-electron chi connectivity index (χ4n) is 6.22. The Bertz CT molecular complexity index is 2470. The van der Waals surface area contributed by atoms with E-state index < -0.39 is 12.0 Å². The Hall–Kier alpha value is -4.27. The van der Waals surface area contributed by atoms with E-state index in [1.807, 2.05) is 91.9 Å². The summed E-state index contributed by atoms with van der Waals surface area (Å²) in [6.07, 6.45) is 1.87. The van der Waals surface area contributed by atoms with Gasteiger partial charge in [-0.2, -0.15) is 0 Å². The lowest BCUT2D eigenvalue weighted by Gasteiger charge is -2.26. The highest BCUT2D eigenvalue weighted by Gasteiger charge is 2.35. The first kappa shape index (κ1) is 35.1. The number of fused-ring (bicyclic) bond motifs is 2. The molecular weight excluding hydrogens is 886 g/mol. The predicted octanol–water partition coefficient (Wildman–Crippen LogP) is 8.28. The third kappa shape index (κ3) is 7.26. The van der Waals surface area contributed by atoms with Crippen LogP contribution in [-0.2, 0) is 16.1 Å². The number of aromatic nitrogens is 1. The molecule has 10 heteroatoms. The second-order valence-electron chi connectivity index (χ2n) is 11.7. The van der Waals surface area contributed by atoms with Gasteiger partial charge in [-0.15, -0.1) is 0 Å². The van der Waals surface area contributed by atoms with Gasteiger partial charge < -0.3 is 14.2 Å². The Morgan fingerprint density at radius 2 is 1.63 bits per heavy atom. The second kappa shape index (κ2) is 15.5. The SMILES string of the molecule is CCOC(=O)C1=C(c2ccccc2)N=c2s/c(=C\c3cc(I)cc(I)c3OCc3cccc4ccccc34)c(=O)n2[C@@H]1c1ccc(OCC)cc1. The molecule has 51 heavy (non-hydrogen) atoms. The van der Waals surface area contributed by atoms with Gasteiger partial charge in [-0.25, -0.2) is 9.79 Å². The van der Waals surface area contributed by atoms with Crippen LogP contribution in [0, 0.1) is 7.14 Å². The van der Waals surface area contributed by atoms with Crippen molar-refractivity contribution in [2.24, 2.45) is 4.99 Å². The van der Waals surface area contributed by atoms with E-state index in [2.05, 4.69) is 75.5 Å². The molecule has 0 unspecified atom stereocenters. The van der Waals surface area contributed by atoms with Gasteiger partial charge in [0.2, 0.25) is 0 Å². The van der Waals surface area contributed by atoms with Crippen LogP contribution < -0.4 is 24.4 Å². The molecule has 1 aliphatic rings. The third-order valence-corrected chi connectivity index (χ3v) is 10.9. The second-order valence-corrected chi connectivity index (χ2v) is 15.1. The molecule has 2 heterocycles. The standard InChI is InChI=1S/C41H32I2N2O5S/c1-3-48-31-19-17-27(18-20-31)37-35(40(47)49-4-2)36(26-12-6-5-7-13-26)44-41-45(37)39(46)34(51-41)22-29-21-30(42)23-33(43)38(29)50-24-28-15-10-14-25-11-8-9-16-32(25)28/h5-23,37H,3-4,24H2,1-2H3/b34-22-/t37-/m1/s1. The van der Waals surface area contributed by atoms with Crippen LogP contribution in [-0.4, -0.2) is 23.8 Å². The summed E-state index contributed by atoms with van der Waals surface area (Å²) in [5.41, 5.74) is 3.86. The molecule has 5 aromatic carbocycles. The Morgan fingerprint density at radius 3 is 2.39 bits per heavy atom. The van der Waals surface area contributed by atoms with Gasteiger partial charge in [0, 0.05) is 14.7 Å². The maximum Gasteiger partial charge on any atom is 0.338 e. The van der Waals surface area contributed by atoms with Crippen LogP contribution in [0.1, 0.15) is 42.1 Å². The monoisotopic (exact) mass is 918 g/mol. The molecule has 1 aliphatic heterocycles. The van der Waals surface area contributed by atoms with Crippen molar-refractivity contribution < 1.29 is 19.0 Å². The number of rotatable bonds is 10. The molecule has 6 aromatic rings. The van der Waals surface area contributed by atoms with Crippen LogP contribution >= 0.6 is 56.5 Å². The van der Waals surface area contributed by atoms with E-state index in [1.54, 1.807) is 11.5 Å². The van der Waals surface area contributed by atoms with Gasteiger partial charge in [0.1, 0.15) is 18.1 Å². The van der Waals surface area contributed by atoms with Crippen LogP contribution in [0.3, 0.4) is 0 Å². The lowest BCUT2D eigenvalue weighted by atomic mass is 9.93. The Balaban J connectivity index is 1.40. The minimum absolute atomic E-state index is 0.178. The van der Waals surface area contributed by atoms with Gasteiger partial charge in [-0.3, -0.25) is 9.36 Å². The fraction of sp³-hybridized carbons (Fsp3) is 0.146. The summed E-state index contributed by atoms with van der Waals surface area (Å²) in [5.74, 6) is 0.863. The van der Waals surface area contributed by atoms with Crippen molar-refractivity contribution >= 4 is 85.0 Å². The number of benzene rings is 5. The molecule has 7 nitrogen and oxygen atoms in total. The lowest BCUT2D eigenvalue weighted by molar-refractivity contribution is -0.138. The Labute approximate surface area is 326 Å². The largest absolute Gasteiger partial charge is 0.494 e. The van der Waals surface area contributed by atoms with Crippen molar-refractivity contribution in [3.63, 3.8) is 0 Å². The molecule has 0 fully saturated rings. The highest BCUT2D eigenvalue weighted by Crippen LogP contribution is 2.36. The van der Waals surface area contributed by atoms with Gasteiger partial charge in [0.25, 0.3) is 5.56 Å². The van der Waals surface area contributed by atoms with Crippen LogP contribution in [0.4, 0.5) is 0 Å². The molecule has 0 bridgehead atoms. The van der Waals surface area contributed by atoms with Gasteiger partial charge in [0.05, 0.1) is 38.6 Å². The number of hydrogen-bond donors (Lipinski definition) is 0. The van der Waals surface area contributed by atoms with Crippen LogP contribution in [0.25, 0.3) is 22.5 Å². The molecule has 0 aliphatic carbocycles. The average molecular weight is 919 g/mol. The highest BCUT2D eigenvalue weighted by atomic mass is 127. The van der Waals surface area contributed by atoms with E-state index in [1.165, 1.54) is 11.3 Å². The van der Waals surface area contributed by atoms with Crippen LogP contribution in [0.2, 0.25) is 0 Å². The first-order valence-corrected chi connectivity index (χ1v) is 19.4. The number of carbonyl (C=O) groups is 1. The maximum atomic E-state index is 14.6. The summed E-state index contributed by atoms with van der Waals surface area (Å²) >= 11 is 5.86. The van der Waals surface area contributed by atoms with Crippen molar-refractivity contribution in [1.82, 2.24) is 4.57 Å².